The summed E-state index contributed by atoms with van der Waals surface area (Å²) in [4.78, 5) is 14.1. The first-order valence-electron chi connectivity index (χ1n) is 7.00. The molecule has 4 heteroatoms. The van der Waals surface area contributed by atoms with Crippen molar-refractivity contribution in [2.45, 2.75) is 26.7 Å². The lowest BCUT2D eigenvalue weighted by atomic mass is 10.0. The number of carbonyl (C=O) groups excluding carboxylic acids is 1. The molecular formula is C15H22N2O2. The number of anilines is 1. The summed E-state index contributed by atoms with van der Waals surface area (Å²) in [7, 11) is 0. The van der Waals surface area contributed by atoms with Gasteiger partial charge in [-0.2, -0.15) is 0 Å². The van der Waals surface area contributed by atoms with E-state index >= 15 is 0 Å². The molecule has 0 saturated carbocycles. The molecule has 2 rings (SSSR count). The third kappa shape index (κ3) is 3.26. The van der Waals surface area contributed by atoms with E-state index in [1.54, 1.807) is 0 Å². The number of para-hydroxylation sites is 1. The van der Waals surface area contributed by atoms with Crippen molar-refractivity contribution in [3.05, 3.63) is 29.3 Å². The van der Waals surface area contributed by atoms with Crippen LogP contribution in [-0.4, -0.2) is 37.2 Å². The molecule has 2 amide bonds. The molecule has 0 aliphatic carbocycles. The highest BCUT2D eigenvalue weighted by molar-refractivity contribution is 5.91. The molecule has 104 valence electrons. The zero-order valence-corrected chi connectivity index (χ0v) is 11.7. The summed E-state index contributed by atoms with van der Waals surface area (Å²) in [6, 6.07) is 6.20. The zero-order chi connectivity index (χ0) is 13.7. The molecule has 1 saturated heterocycles. The van der Waals surface area contributed by atoms with Crippen LogP contribution in [0.25, 0.3) is 0 Å². The summed E-state index contributed by atoms with van der Waals surface area (Å²) in [5.41, 5.74) is 3.38. The van der Waals surface area contributed by atoms with E-state index in [4.69, 9.17) is 4.74 Å². The standard InChI is InChI=1S/C15H22N2O2/c1-3-12-6-5-7-13(4-2)14(12)16-15(18)17-8-10-19-11-9-17/h5-7H,3-4,8-11H2,1-2H3,(H,16,18). The van der Waals surface area contributed by atoms with Crippen LogP contribution in [0, 0.1) is 0 Å². The van der Waals surface area contributed by atoms with Crippen molar-refractivity contribution >= 4 is 11.7 Å². The van der Waals surface area contributed by atoms with E-state index in [2.05, 4.69) is 37.4 Å². The first kappa shape index (κ1) is 13.9. The number of amides is 2. The number of ether oxygens (including phenoxy) is 1. The molecule has 1 aliphatic rings. The van der Waals surface area contributed by atoms with E-state index in [1.807, 2.05) is 4.90 Å². The molecule has 0 atom stereocenters. The Kier molecular flexibility index (Phi) is 4.80. The Bertz CT molecular complexity index is 418. The molecular weight excluding hydrogens is 240 g/mol. The van der Waals surface area contributed by atoms with Gasteiger partial charge in [-0.25, -0.2) is 4.79 Å². The third-order valence-corrected chi connectivity index (χ3v) is 3.53. The summed E-state index contributed by atoms with van der Waals surface area (Å²) in [6.07, 6.45) is 1.85. The Morgan fingerprint density at radius 1 is 1.21 bits per heavy atom. The third-order valence-electron chi connectivity index (χ3n) is 3.53. The van der Waals surface area contributed by atoms with E-state index in [1.165, 1.54) is 11.1 Å². The number of hydrogen-bond acceptors (Lipinski definition) is 2. The van der Waals surface area contributed by atoms with Crippen molar-refractivity contribution in [3.63, 3.8) is 0 Å². The van der Waals surface area contributed by atoms with Crippen LogP contribution in [-0.2, 0) is 17.6 Å². The van der Waals surface area contributed by atoms with E-state index in [9.17, 15) is 4.79 Å². The zero-order valence-electron chi connectivity index (χ0n) is 11.7. The predicted molar refractivity (Wildman–Crippen MR) is 76.6 cm³/mol. The van der Waals surface area contributed by atoms with E-state index < -0.39 is 0 Å². The van der Waals surface area contributed by atoms with Crippen molar-refractivity contribution in [2.24, 2.45) is 0 Å². The van der Waals surface area contributed by atoms with Crippen LogP contribution >= 0.6 is 0 Å². The van der Waals surface area contributed by atoms with E-state index in [0.717, 1.165) is 18.5 Å². The minimum Gasteiger partial charge on any atom is -0.378 e. The molecule has 19 heavy (non-hydrogen) atoms. The SMILES string of the molecule is CCc1cccc(CC)c1NC(=O)N1CCOCC1. The Hall–Kier alpha value is -1.55. The Morgan fingerprint density at radius 2 is 1.79 bits per heavy atom. The van der Waals surface area contributed by atoms with Gasteiger partial charge in [-0.05, 0) is 24.0 Å². The van der Waals surface area contributed by atoms with Gasteiger partial charge in [-0.15, -0.1) is 0 Å². The van der Waals surface area contributed by atoms with Gasteiger partial charge in [0.25, 0.3) is 0 Å². The Morgan fingerprint density at radius 3 is 2.32 bits per heavy atom. The van der Waals surface area contributed by atoms with E-state index in [-0.39, 0.29) is 6.03 Å². The maximum Gasteiger partial charge on any atom is 0.322 e. The fourth-order valence-electron chi connectivity index (χ4n) is 2.36. The summed E-state index contributed by atoms with van der Waals surface area (Å²) < 4.78 is 5.27. The van der Waals surface area contributed by atoms with Crippen LogP contribution < -0.4 is 5.32 Å². The molecule has 1 fully saturated rings. The average molecular weight is 262 g/mol. The topological polar surface area (TPSA) is 41.6 Å². The molecule has 1 N–H and O–H groups in total. The maximum atomic E-state index is 12.3. The summed E-state index contributed by atoms with van der Waals surface area (Å²) >= 11 is 0. The molecule has 1 aromatic rings. The van der Waals surface area contributed by atoms with Crippen LogP contribution in [0.1, 0.15) is 25.0 Å². The van der Waals surface area contributed by atoms with Crippen molar-refractivity contribution in [2.75, 3.05) is 31.6 Å². The fraction of sp³-hybridized carbons (Fsp3) is 0.533. The molecule has 0 unspecified atom stereocenters. The van der Waals surface area contributed by atoms with Gasteiger partial charge < -0.3 is 15.0 Å². The lowest BCUT2D eigenvalue weighted by Crippen LogP contribution is -2.43. The number of urea groups is 1. The van der Waals surface area contributed by atoms with Gasteiger partial charge in [0.2, 0.25) is 0 Å². The number of hydrogen-bond donors (Lipinski definition) is 1. The van der Waals surface area contributed by atoms with Gasteiger partial charge in [0.05, 0.1) is 13.2 Å². The lowest BCUT2D eigenvalue weighted by Gasteiger charge is -2.27. The van der Waals surface area contributed by atoms with Crippen molar-refractivity contribution in [1.82, 2.24) is 4.90 Å². The smallest absolute Gasteiger partial charge is 0.322 e. The maximum absolute atomic E-state index is 12.3. The van der Waals surface area contributed by atoms with Crippen LogP contribution in [0.2, 0.25) is 0 Å². The molecule has 4 nitrogen and oxygen atoms in total. The van der Waals surface area contributed by atoms with Crippen molar-refractivity contribution < 1.29 is 9.53 Å². The molecule has 0 radical (unpaired) electrons. The van der Waals surface area contributed by atoms with Crippen LogP contribution in [0.4, 0.5) is 10.5 Å². The predicted octanol–water partition coefficient (Wildman–Crippen LogP) is 2.68. The molecule has 0 bridgehead atoms. The normalized spacial score (nSPS) is 15.4. The largest absolute Gasteiger partial charge is 0.378 e. The Labute approximate surface area is 114 Å². The number of aryl methyl sites for hydroxylation is 2. The quantitative estimate of drug-likeness (QED) is 0.910. The Balaban J connectivity index is 2.15. The first-order chi connectivity index (χ1) is 9.26. The second kappa shape index (κ2) is 6.57. The number of benzene rings is 1. The second-order valence-electron chi connectivity index (χ2n) is 4.69. The summed E-state index contributed by atoms with van der Waals surface area (Å²) in [5.74, 6) is 0. The van der Waals surface area contributed by atoms with E-state index in [0.29, 0.717) is 26.3 Å². The molecule has 1 heterocycles. The van der Waals surface area contributed by atoms with Crippen molar-refractivity contribution in [3.8, 4) is 0 Å². The summed E-state index contributed by atoms with van der Waals surface area (Å²) in [5, 5.41) is 3.08. The molecule has 1 aliphatic heterocycles. The van der Waals surface area contributed by atoms with Gasteiger partial charge in [0.1, 0.15) is 0 Å². The second-order valence-corrected chi connectivity index (χ2v) is 4.69. The highest BCUT2D eigenvalue weighted by Crippen LogP contribution is 2.23. The fourth-order valence-corrected chi connectivity index (χ4v) is 2.36. The minimum atomic E-state index is -0.0149. The van der Waals surface area contributed by atoms with Gasteiger partial charge in [0, 0.05) is 18.8 Å². The van der Waals surface area contributed by atoms with Crippen LogP contribution in [0.5, 0.6) is 0 Å². The van der Waals surface area contributed by atoms with Gasteiger partial charge in [0.15, 0.2) is 0 Å². The lowest BCUT2D eigenvalue weighted by molar-refractivity contribution is 0.0564. The van der Waals surface area contributed by atoms with Gasteiger partial charge >= 0.3 is 6.03 Å². The molecule has 0 aromatic heterocycles. The molecule has 1 aromatic carbocycles. The minimum absolute atomic E-state index is 0.0149. The average Bonchev–Trinajstić information content (AvgIpc) is 2.48. The highest BCUT2D eigenvalue weighted by atomic mass is 16.5. The van der Waals surface area contributed by atoms with Gasteiger partial charge in [-0.3, -0.25) is 0 Å². The monoisotopic (exact) mass is 262 g/mol. The number of carbonyl (C=O) groups is 1. The number of rotatable bonds is 3. The van der Waals surface area contributed by atoms with Crippen molar-refractivity contribution in [1.29, 1.82) is 0 Å². The van der Waals surface area contributed by atoms with Crippen LogP contribution in [0.3, 0.4) is 0 Å². The van der Waals surface area contributed by atoms with Crippen LogP contribution in [0.15, 0.2) is 18.2 Å². The summed E-state index contributed by atoms with van der Waals surface area (Å²) in [6.45, 7) is 6.81. The first-order valence-corrected chi connectivity index (χ1v) is 7.00. The number of nitrogens with zero attached hydrogens (tertiary/aromatic N) is 1. The van der Waals surface area contributed by atoms with Gasteiger partial charge in [-0.1, -0.05) is 32.0 Å². The molecule has 0 spiro atoms. The number of morpholine rings is 1. The highest BCUT2D eigenvalue weighted by Gasteiger charge is 2.18. The number of nitrogens with one attached hydrogen (secondary N) is 1.